The fraction of sp³-hybridized carbons (Fsp3) is 0.0526. The molecule has 3 aromatic rings. The Hall–Kier alpha value is -3.45. The molecular formula is C19H16ClN5O2. The summed E-state index contributed by atoms with van der Waals surface area (Å²) in [4.78, 5) is 31.6. The van der Waals surface area contributed by atoms with E-state index >= 15 is 0 Å². The largest absolute Gasteiger partial charge is 0.338 e. The van der Waals surface area contributed by atoms with Crippen molar-refractivity contribution < 1.29 is 9.59 Å². The Morgan fingerprint density at radius 1 is 0.889 bits per heavy atom. The standard InChI is InChI=1S/C19H16ClN5O2/c1-12(26)23-13-6-8-14(9-7-13)24-19(27)17-10-22-18(11-21-17)25-16-5-3-2-4-15(16)20/h2-11H,1H3,(H,22,25)(H,23,26)(H,24,27). The van der Waals surface area contributed by atoms with Crippen molar-refractivity contribution in [2.75, 3.05) is 16.0 Å². The molecule has 0 aliphatic carbocycles. The molecule has 0 saturated heterocycles. The van der Waals surface area contributed by atoms with Gasteiger partial charge in [-0.3, -0.25) is 9.59 Å². The minimum Gasteiger partial charge on any atom is -0.338 e. The predicted octanol–water partition coefficient (Wildman–Crippen LogP) is 4.08. The van der Waals surface area contributed by atoms with Crippen LogP contribution in [0.5, 0.6) is 0 Å². The zero-order valence-electron chi connectivity index (χ0n) is 14.4. The lowest BCUT2D eigenvalue weighted by atomic mass is 10.2. The van der Waals surface area contributed by atoms with Crippen LogP contribution < -0.4 is 16.0 Å². The van der Waals surface area contributed by atoms with Crippen LogP contribution in [0.25, 0.3) is 0 Å². The quantitative estimate of drug-likeness (QED) is 0.618. The van der Waals surface area contributed by atoms with Gasteiger partial charge in [0.25, 0.3) is 5.91 Å². The van der Waals surface area contributed by atoms with E-state index in [1.165, 1.54) is 19.3 Å². The SMILES string of the molecule is CC(=O)Nc1ccc(NC(=O)c2cnc(Nc3ccccc3Cl)cn2)cc1. The first-order chi connectivity index (χ1) is 13.0. The van der Waals surface area contributed by atoms with E-state index < -0.39 is 0 Å². The zero-order chi connectivity index (χ0) is 19.2. The number of nitrogens with zero attached hydrogens (tertiary/aromatic N) is 2. The molecule has 0 radical (unpaired) electrons. The average Bonchev–Trinajstić information content (AvgIpc) is 2.65. The summed E-state index contributed by atoms with van der Waals surface area (Å²) in [6.07, 6.45) is 2.83. The highest BCUT2D eigenvalue weighted by atomic mass is 35.5. The minimum absolute atomic E-state index is 0.160. The topological polar surface area (TPSA) is 96.0 Å². The Bertz CT molecular complexity index is 959. The van der Waals surface area contributed by atoms with E-state index in [1.807, 2.05) is 18.2 Å². The molecule has 0 unspecified atom stereocenters. The molecule has 0 saturated carbocycles. The Morgan fingerprint density at radius 2 is 1.56 bits per heavy atom. The van der Waals surface area contributed by atoms with Crippen molar-refractivity contribution in [3.8, 4) is 0 Å². The summed E-state index contributed by atoms with van der Waals surface area (Å²) in [6.45, 7) is 1.43. The molecule has 2 aromatic carbocycles. The fourth-order valence-corrected chi connectivity index (χ4v) is 2.43. The molecule has 0 spiro atoms. The molecule has 7 nitrogen and oxygen atoms in total. The van der Waals surface area contributed by atoms with Gasteiger partial charge < -0.3 is 16.0 Å². The monoisotopic (exact) mass is 381 g/mol. The van der Waals surface area contributed by atoms with Gasteiger partial charge in [0.2, 0.25) is 5.91 Å². The normalized spacial score (nSPS) is 10.1. The number of hydrogen-bond donors (Lipinski definition) is 3. The lowest BCUT2D eigenvalue weighted by molar-refractivity contribution is -0.114. The number of carbonyl (C=O) groups is 2. The highest BCUT2D eigenvalue weighted by Gasteiger charge is 2.09. The van der Waals surface area contributed by atoms with Crippen molar-refractivity contribution in [3.63, 3.8) is 0 Å². The number of anilines is 4. The minimum atomic E-state index is -0.390. The lowest BCUT2D eigenvalue weighted by Gasteiger charge is -2.08. The maximum atomic E-state index is 12.3. The van der Waals surface area contributed by atoms with Gasteiger partial charge in [0, 0.05) is 18.3 Å². The molecule has 27 heavy (non-hydrogen) atoms. The number of halogens is 1. The Morgan fingerprint density at radius 3 is 2.15 bits per heavy atom. The second kappa shape index (κ2) is 8.29. The van der Waals surface area contributed by atoms with Gasteiger partial charge in [0.05, 0.1) is 23.1 Å². The van der Waals surface area contributed by atoms with Crippen molar-refractivity contribution >= 4 is 46.3 Å². The van der Waals surface area contributed by atoms with Crippen LogP contribution >= 0.6 is 11.6 Å². The van der Waals surface area contributed by atoms with Crippen LogP contribution in [-0.4, -0.2) is 21.8 Å². The molecule has 0 atom stereocenters. The van der Waals surface area contributed by atoms with Crippen LogP contribution in [0.1, 0.15) is 17.4 Å². The number of hydrogen-bond acceptors (Lipinski definition) is 5. The zero-order valence-corrected chi connectivity index (χ0v) is 15.1. The van der Waals surface area contributed by atoms with Crippen LogP contribution in [0.15, 0.2) is 60.9 Å². The third kappa shape index (κ3) is 5.02. The van der Waals surface area contributed by atoms with E-state index in [9.17, 15) is 9.59 Å². The number of nitrogens with one attached hydrogen (secondary N) is 3. The van der Waals surface area contributed by atoms with Gasteiger partial charge in [-0.15, -0.1) is 0 Å². The van der Waals surface area contributed by atoms with Crippen molar-refractivity contribution in [1.82, 2.24) is 9.97 Å². The number of amides is 2. The third-order valence-electron chi connectivity index (χ3n) is 3.48. The number of carbonyl (C=O) groups excluding carboxylic acids is 2. The van der Waals surface area contributed by atoms with Crippen LogP contribution in [-0.2, 0) is 4.79 Å². The highest BCUT2D eigenvalue weighted by Crippen LogP contribution is 2.23. The molecule has 3 N–H and O–H groups in total. The third-order valence-corrected chi connectivity index (χ3v) is 3.81. The number of para-hydroxylation sites is 1. The Labute approximate surface area is 160 Å². The highest BCUT2D eigenvalue weighted by molar-refractivity contribution is 6.33. The van der Waals surface area contributed by atoms with Gasteiger partial charge in [-0.1, -0.05) is 23.7 Å². The second-order valence-electron chi connectivity index (χ2n) is 5.60. The van der Waals surface area contributed by atoms with Gasteiger partial charge in [-0.25, -0.2) is 9.97 Å². The van der Waals surface area contributed by atoms with Crippen LogP contribution in [0, 0.1) is 0 Å². The molecule has 1 aromatic heterocycles. The van der Waals surface area contributed by atoms with Gasteiger partial charge in [-0.2, -0.15) is 0 Å². The van der Waals surface area contributed by atoms with Gasteiger partial charge >= 0.3 is 0 Å². The molecule has 3 rings (SSSR count). The molecule has 0 aliphatic heterocycles. The summed E-state index contributed by atoms with van der Waals surface area (Å²) in [5, 5.41) is 8.98. The second-order valence-corrected chi connectivity index (χ2v) is 6.01. The summed E-state index contributed by atoms with van der Waals surface area (Å²) in [5.74, 6) is -0.0778. The maximum absolute atomic E-state index is 12.3. The summed E-state index contributed by atoms with van der Waals surface area (Å²) in [7, 11) is 0. The van der Waals surface area contributed by atoms with Gasteiger partial charge in [-0.05, 0) is 36.4 Å². The molecule has 2 amide bonds. The summed E-state index contributed by atoms with van der Waals surface area (Å²) in [6, 6.07) is 14.0. The Kier molecular flexibility index (Phi) is 5.63. The van der Waals surface area contributed by atoms with Crippen LogP contribution in [0.3, 0.4) is 0 Å². The number of rotatable bonds is 5. The van der Waals surface area contributed by atoms with Crippen molar-refractivity contribution in [2.45, 2.75) is 6.92 Å². The van der Waals surface area contributed by atoms with Gasteiger partial charge in [0.15, 0.2) is 0 Å². The molecular weight excluding hydrogens is 366 g/mol. The Balaban J connectivity index is 1.63. The number of benzene rings is 2. The van der Waals surface area contributed by atoms with Crippen LogP contribution in [0.2, 0.25) is 5.02 Å². The molecule has 1 heterocycles. The summed E-state index contributed by atoms with van der Waals surface area (Å²) < 4.78 is 0. The smallest absolute Gasteiger partial charge is 0.275 e. The molecule has 0 aliphatic rings. The predicted molar refractivity (Wildman–Crippen MR) is 105 cm³/mol. The van der Waals surface area contributed by atoms with Crippen molar-refractivity contribution in [3.05, 3.63) is 71.6 Å². The maximum Gasteiger partial charge on any atom is 0.275 e. The fourth-order valence-electron chi connectivity index (χ4n) is 2.25. The van der Waals surface area contributed by atoms with Crippen molar-refractivity contribution in [1.29, 1.82) is 0 Å². The average molecular weight is 382 g/mol. The first kappa shape index (κ1) is 18.3. The van der Waals surface area contributed by atoms with E-state index in [1.54, 1.807) is 30.3 Å². The number of aromatic nitrogens is 2. The van der Waals surface area contributed by atoms with E-state index in [2.05, 4.69) is 25.9 Å². The first-order valence-corrected chi connectivity index (χ1v) is 8.41. The summed E-state index contributed by atoms with van der Waals surface area (Å²) in [5.41, 5.74) is 2.10. The molecule has 8 heteroatoms. The van der Waals surface area contributed by atoms with E-state index in [4.69, 9.17) is 11.6 Å². The summed E-state index contributed by atoms with van der Waals surface area (Å²) >= 11 is 6.09. The van der Waals surface area contributed by atoms with Crippen molar-refractivity contribution in [2.24, 2.45) is 0 Å². The van der Waals surface area contributed by atoms with E-state index in [0.29, 0.717) is 27.9 Å². The van der Waals surface area contributed by atoms with Crippen LogP contribution in [0.4, 0.5) is 22.9 Å². The first-order valence-electron chi connectivity index (χ1n) is 8.04. The van der Waals surface area contributed by atoms with E-state index in [0.717, 1.165) is 0 Å². The molecule has 0 fully saturated rings. The van der Waals surface area contributed by atoms with E-state index in [-0.39, 0.29) is 17.5 Å². The lowest BCUT2D eigenvalue weighted by Crippen LogP contribution is -2.14. The molecule has 136 valence electrons. The molecule has 0 bridgehead atoms. The van der Waals surface area contributed by atoms with Gasteiger partial charge in [0.1, 0.15) is 11.5 Å².